The smallest absolute Gasteiger partial charge is 0.356 e. The van der Waals surface area contributed by atoms with Gasteiger partial charge in [0.1, 0.15) is 0 Å². The van der Waals surface area contributed by atoms with Gasteiger partial charge in [0.2, 0.25) is 0 Å². The van der Waals surface area contributed by atoms with E-state index in [1.54, 1.807) is 12.1 Å². The molecule has 0 bridgehead atoms. The summed E-state index contributed by atoms with van der Waals surface area (Å²) in [4.78, 5) is 26.1. The Morgan fingerprint density at radius 1 is 1.10 bits per heavy atom. The Morgan fingerprint density at radius 2 is 1.80 bits per heavy atom. The van der Waals surface area contributed by atoms with E-state index in [9.17, 15) is 9.59 Å². The Kier molecular flexibility index (Phi) is 3.65. The van der Waals surface area contributed by atoms with E-state index in [1.165, 1.54) is 6.07 Å². The normalized spacial score (nSPS) is 10.1. The first kappa shape index (κ1) is 13.5. The van der Waals surface area contributed by atoms with Crippen LogP contribution in [0.4, 0.5) is 11.4 Å². The van der Waals surface area contributed by atoms with Crippen molar-refractivity contribution >= 4 is 23.3 Å². The number of para-hydroxylation sites is 1. The third kappa shape index (κ3) is 2.59. The SMILES string of the molecule is Cc1ccccc1Nc1c(C(=O)O)ccnc1C(=O)O. The van der Waals surface area contributed by atoms with Crippen molar-refractivity contribution in [2.24, 2.45) is 0 Å². The van der Waals surface area contributed by atoms with Crippen LogP contribution in [0.15, 0.2) is 36.5 Å². The predicted octanol–water partition coefficient (Wildman–Crippen LogP) is 2.53. The molecule has 0 aliphatic carbocycles. The number of aromatic nitrogens is 1. The number of pyridine rings is 1. The summed E-state index contributed by atoms with van der Waals surface area (Å²) in [5.74, 6) is -2.50. The summed E-state index contributed by atoms with van der Waals surface area (Å²) in [7, 11) is 0. The second-order valence-corrected chi connectivity index (χ2v) is 4.13. The van der Waals surface area contributed by atoms with Gasteiger partial charge in [-0.2, -0.15) is 0 Å². The molecule has 6 heteroatoms. The molecule has 0 fully saturated rings. The Hall–Kier alpha value is -2.89. The summed E-state index contributed by atoms with van der Waals surface area (Å²) in [6.07, 6.45) is 1.16. The van der Waals surface area contributed by atoms with E-state index in [-0.39, 0.29) is 16.9 Å². The lowest BCUT2D eigenvalue weighted by Gasteiger charge is -2.13. The monoisotopic (exact) mass is 272 g/mol. The van der Waals surface area contributed by atoms with Crippen LogP contribution >= 0.6 is 0 Å². The third-order valence-corrected chi connectivity index (χ3v) is 2.79. The Labute approximate surface area is 114 Å². The van der Waals surface area contributed by atoms with Crippen molar-refractivity contribution in [3.05, 3.63) is 53.3 Å². The second-order valence-electron chi connectivity index (χ2n) is 4.13. The number of aryl methyl sites for hydroxylation is 1. The maximum Gasteiger partial charge on any atom is 0.356 e. The van der Waals surface area contributed by atoms with Gasteiger partial charge in [-0.15, -0.1) is 0 Å². The largest absolute Gasteiger partial charge is 0.478 e. The van der Waals surface area contributed by atoms with E-state index in [0.29, 0.717) is 5.69 Å². The molecule has 6 nitrogen and oxygen atoms in total. The molecular formula is C14H12N2O4. The van der Waals surface area contributed by atoms with Crippen LogP contribution in [0.1, 0.15) is 26.4 Å². The lowest BCUT2D eigenvalue weighted by molar-refractivity contribution is 0.0691. The highest BCUT2D eigenvalue weighted by molar-refractivity contribution is 6.02. The third-order valence-electron chi connectivity index (χ3n) is 2.79. The molecule has 0 saturated carbocycles. The van der Waals surface area contributed by atoms with Crippen molar-refractivity contribution in [2.75, 3.05) is 5.32 Å². The molecule has 2 rings (SSSR count). The minimum atomic E-state index is -1.29. The second kappa shape index (κ2) is 5.40. The lowest BCUT2D eigenvalue weighted by atomic mass is 10.1. The van der Waals surface area contributed by atoms with E-state index < -0.39 is 11.9 Å². The van der Waals surface area contributed by atoms with Gasteiger partial charge in [-0.1, -0.05) is 18.2 Å². The molecule has 0 radical (unpaired) electrons. The molecule has 0 aliphatic rings. The van der Waals surface area contributed by atoms with Crippen LogP contribution in [0.2, 0.25) is 0 Å². The fourth-order valence-electron chi connectivity index (χ4n) is 1.78. The van der Waals surface area contributed by atoms with Crippen molar-refractivity contribution in [3.63, 3.8) is 0 Å². The van der Waals surface area contributed by atoms with Crippen molar-refractivity contribution in [2.45, 2.75) is 6.92 Å². The number of benzene rings is 1. The van der Waals surface area contributed by atoms with Crippen LogP contribution in [-0.4, -0.2) is 27.1 Å². The molecule has 0 atom stereocenters. The zero-order chi connectivity index (χ0) is 14.7. The Balaban J connectivity index is 2.57. The van der Waals surface area contributed by atoms with E-state index in [1.807, 2.05) is 19.1 Å². The zero-order valence-corrected chi connectivity index (χ0v) is 10.6. The highest BCUT2D eigenvalue weighted by atomic mass is 16.4. The summed E-state index contributed by atoms with van der Waals surface area (Å²) < 4.78 is 0. The minimum Gasteiger partial charge on any atom is -0.478 e. The summed E-state index contributed by atoms with van der Waals surface area (Å²) in [6, 6.07) is 8.43. The molecule has 0 aliphatic heterocycles. The van der Waals surface area contributed by atoms with Crippen LogP contribution in [0.5, 0.6) is 0 Å². The molecule has 2 aromatic rings. The Morgan fingerprint density at radius 3 is 2.40 bits per heavy atom. The highest BCUT2D eigenvalue weighted by Gasteiger charge is 2.20. The van der Waals surface area contributed by atoms with Crippen molar-refractivity contribution in [1.29, 1.82) is 0 Å². The quantitative estimate of drug-likeness (QED) is 0.790. The molecule has 102 valence electrons. The lowest BCUT2D eigenvalue weighted by Crippen LogP contribution is -2.11. The fraction of sp³-hybridized carbons (Fsp3) is 0.0714. The van der Waals surface area contributed by atoms with Crippen molar-refractivity contribution < 1.29 is 19.8 Å². The van der Waals surface area contributed by atoms with Gasteiger partial charge in [-0.05, 0) is 24.6 Å². The van der Waals surface area contributed by atoms with Crippen molar-refractivity contribution in [3.8, 4) is 0 Å². The standard InChI is InChI=1S/C14H12N2O4/c1-8-4-2-3-5-10(8)16-11-9(13(17)18)6-7-15-12(11)14(19)20/h2-7,16H,1H3,(H,17,18)(H,19,20). The molecule has 1 aromatic heterocycles. The van der Waals surface area contributed by atoms with E-state index in [4.69, 9.17) is 10.2 Å². The summed E-state index contributed by atoms with van der Waals surface area (Å²) in [6.45, 7) is 1.83. The summed E-state index contributed by atoms with van der Waals surface area (Å²) in [5.41, 5.74) is 1.00. The molecule has 0 unspecified atom stereocenters. The van der Waals surface area contributed by atoms with Crippen LogP contribution in [0, 0.1) is 6.92 Å². The van der Waals surface area contributed by atoms with Crippen molar-refractivity contribution in [1.82, 2.24) is 4.98 Å². The van der Waals surface area contributed by atoms with Crippen LogP contribution in [0.3, 0.4) is 0 Å². The molecular weight excluding hydrogens is 260 g/mol. The number of carboxylic acids is 2. The number of nitrogens with one attached hydrogen (secondary N) is 1. The predicted molar refractivity (Wildman–Crippen MR) is 72.6 cm³/mol. The molecule has 20 heavy (non-hydrogen) atoms. The molecule has 1 heterocycles. The van der Waals surface area contributed by atoms with Gasteiger partial charge >= 0.3 is 11.9 Å². The first-order valence-corrected chi connectivity index (χ1v) is 5.79. The van der Waals surface area contributed by atoms with Crippen LogP contribution in [0.25, 0.3) is 0 Å². The molecule has 3 N–H and O–H groups in total. The topological polar surface area (TPSA) is 99.5 Å². The van der Waals surface area contributed by atoms with E-state index in [0.717, 1.165) is 11.8 Å². The maximum absolute atomic E-state index is 11.2. The Bertz CT molecular complexity index is 650. The molecule has 0 amide bonds. The van der Waals surface area contributed by atoms with Crippen LogP contribution in [-0.2, 0) is 0 Å². The zero-order valence-electron chi connectivity index (χ0n) is 10.6. The molecule has 0 saturated heterocycles. The average Bonchev–Trinajstić information content (AvgIpc) is 2.41. The van der Waals surface area contributed by atoms with E-state index in [2.05, 4.69) is 10.3 Å². The average molecular weight is 272 g/mol. The first-order chi connectivity index (χ1) is 9.50. The van der Waals surface area contributed by atoms with Gasteiger partial charge < -0.3 is 15.5 Å². The number of carbonyl (C=O) groups is 2. The molecule has 0 spiro atoms. The number of nitrogens with zero attached hydrogens (tertiary/aromatic N) is 1. The summed E-state index contributed by atoms with van der Waals surface area (Å²) in [5, 5.41) is 21.1. The van der Waals surface area contributed by atoms with Gasteiger partial charge in [-0.25, -0.2) is 14.6 Å². The number of rotatable bonds is 4. The number of anilines is 2. The number of hydrogen-bond donors (Lipinski definition) is 3. The first-order valence-electron chi connectivity index (χ1n) is 5.79. The fourth-order valence-corrected chi connectivity index (χ4v) is 1.78. The number of aromatic carboxylic acids is 2. The minimum absolute atomic E-state index is 0.0261. The van der Waals surface area contributed by atoms with Gasteiger partial charge in [-0.3, -0.25) is 0 Å². The van der Waals surface area contributed by atoms with E-state index >= 15 is 0 Å². The number of hydrogen-bond acceptors (Lipinski definition) is 4. The van der Waals surface area contributed by atoms with Gasteiger partial charge in [0.25, 0.3) is 0 Å². The van der Waals surface area contributed by atoms with Gasteiger partial charge in [0.15, 0.2) is 5.69 Å². The highest BCUT2D eigenvalue weighted by Crippen LogP contribution is 2.26. The van der Waals surface area contributed by atoms with Gasteiger partial charge in [0, 0.05) is 11.9 Å². The molecule has 1 aromatic carbocycles. The summed E-state index contributed by atoms with van der Waals surface area (Å²) >= 11 is 0. The maximum atomic E-state index is 11.2. The van der Waals surface area contributed by atoms with Gasteiger partial charge in [0.05, 0.1) is 11.3 Å². The number of carboxylic acid groups (broad SMARTS) is 2. The van der Waals surface area contributed by atoms with Crippen LogP contribution < -0.4 is 5.32 Å².